The van der Waals surface area contributed by atoms with Gasteiger partial charge < -0.3 is 10.0 Å². The Morgan fingerprint density at radius 2 is 1.52 bits per heavy atom. The Balaban J connectivity index is 3.57. The van der Waals surface area contributed by atoms with Crippen molar-refractivity contribution in [2.45, 2.75) is 72.1 Å². The molecular weight excluding hydrogens is 306 g/mol. The quantitative estimate of drug-likeness (QED) is 0.698. The maximum atomic E-state index is 12.0. The van der Waals surface area contributed by atoms with Crippen LogP contribution < -0.4 is 4.90 Å². The monoisotopic (exact) mass is 337 g/mol. The molecule has 0 aliphatic heterocycles. The van der Waals surface area contributed by atoms with Gasteiger partial charge >= 0.3 is 0 Å². The Hall–Kier alpha value is -1.16. The summed E-state index contributed by atoms with van der Waals surface area (Å²) in [5.41, 5.74) is 2.10. The van der Waals surface area contributed by atoms with Gasteiger partial charge in [0.2, 0.25) is 0 Å². The maximum Gasteiger partial charge on any atom is 0.282 e. The molecule has 0 aromatic heterocycles. The minimum absolute atomic E-state index is 0.212. The molecule has 23 heavy (non-hydrogen) atoms. The lowest BCUT2D eigenvalue weighted by molar-refractivity contribution is 0.265. The van der Waals surface area contributed by atoms with Crippen LogP contribution in [0.5, 0.6) is 5.75 Å². The summed E-state index contributed by atoms with van der Waals surface area (Å²) in [6.45, 7) is 15.1. The lowest BCUT2D eigenvalue weighted by Crippen LogP contribution is -2.28. The molecule has 0 unspecified atom stereocenters. The van der Waals surface area contributed by atoms with Crippen molar-refractivity contribution in [2.24, 2.45) is 0 Å². The molecule has 0 saturated heterocycles. The average Bonchev–Trinajstić information content (AvgIpc) is 2.37. The Morgan fingerprint density at radius 1 is 1.09 bits per heavy atom. The third-order valence-electron chi connectivity index (χ3n) is 3.99. The number of aromatic hydroxyl groups is 1. The standard InChI is InChI=1S/C19H31NO2S/c1-8-9-10-20(17(22)23)13-11-14(18(2,3)4)16(21)15(12-13)19(5,6)7/h11-12,21H,8-10H2,1-7H3,(H,22,23). The molecule has 1 amide bonds. The van der Waals surface area contributed by atoms with Crippen LogP contribution in [0, 0.1) is 0 Å². The third kappa shape index (κ3) is 4.90. The van der Waals surface area contributed by atoms with Gasteiger partial charge in [-0.1, -0.05) is 67.5 Å². The highest BCUT2D eigenvalue weighted by atomic mass is 32.1. The molecule has 1 aromatic rings. The topological polar surface area (TPSA) is 40.5 Å². The Labute approximate surface area is 146 Å². The zero-order chi connectivity index (χ0) is 18.0. The number of carbonyl (C=O) groups is 1. The van der Waals surface area contributed by atoms with Gasteiger partial charge in [-0.3, -0.25) is 4.79 Å². The average molecular weight is 338 g/mol. The van der Waals surface area contributed by atoms with Gasteiger partial charge in [0.05, 0.1) is 0 Å². The number of rotatable bonds is 4. The van der Waals surface area contributed by atoms with E-state index in [0.717, 1.165) is 29.7 Å². The minimum atomic E-state index is -0.260. The Morgan fingerprint density at radius 3 is 1.83 bits per heavy atom. The number of amides is 1. The number of hydrogen-bond donors (Lipinski definition) is 2. The minimum Gasteiger partial charge on any atom is -0.507 e. The zero-order valence-electron chi connectivity index (χ0n) is 15.5. The van der Waals surface area contributed by atoms with Crippen molar-refractivity contribution in [1.29, 1.82) is 0 Å². The number of phenolic OH excluding ortho intramolecular Hbond substituents is 1. The van der Waals surface area contributed by atoms with Crippen LogP contribution in [0.1, 0.15) is 72.4 Å². The maximum absolute atomic E-state index is 12.0. The molecule has 3 nitrogen and oxygen atoms in total. The molecule has 0 fully saturated rings. The molecule has 0 radical (unpaired) electrons. The number of thiol groups is 1. The van der Waals surface area contributed by atoms with Gasteiger partial charge in [0.15, 0.2) is 0 Å². The first kappa shape index (κ1) is 19.9. The number of carbonyl (C=O) groups excluding carboxylic acids is 1. The summed E-state index contributed by atoms with van der Waals surface area (Å²) in [7, 11) is 0. The van der Waals surface area contributed by atoms with E-state index in [0.29, 0.717) is 12.3 Å². The van der Waals surface area contributed by atoms with Gasteiger partial charge in [-0.15, -0.1) is 0 Å². The summed E-state index contributed by atoms with van der Waals surface area (Å²) >= 11 is 4.04. The normalized spacial score (nSPS) is 12.3. The Kier molecular flexibility index (Phi) is 6.19. The number of anilines is 1. The first-order chi connectivity index (χ1) is 10.4. The molecule has 0 heterocycles. The molecule has 130 valence electrons. The molecular formula is C19H31NO2S. The van der Waals surface area contributed by atoms with Gasteiger partial charge in [-0.25, -0.2) is 0 Å². The Bertz CT molecular complexity index is 533. The van der Waals surface area contributed by atoms with Gasteiger partial charge in [0.25, 0.3) is 5.24 Å². The predicted molar refractivity (Wildman–Crippen MR) is 102 cm³/mol. The highest BCUT2D eigenvalue weighted by molar-refractivity contribution is 7.96. The summed E-state index contributed by atoms with van der Waals surface area (Å²) in [6, 6.07) is 3.85. The predicted octanol–water partition coefficient (Wildman–Crippen LogP) is 5.64. The first-order valence-electron chi connectivity index (χ1n) is 8.28. The zero-order valence-corrected chi connectivity index (χ0v) is 16.4. The number of benzene rings is 1. The molecule has 1 N–H and O–H groups in total. The first-order valence-corrected chi connectivity index (χ1v) is 8.72. The fourth-order valence-corrected chi connectivity index (χ4v) is 2.79. The van der Waals surface area contributed by atoms with Crippen molar-refractivity contribution in [3.63, 3.8) is 0 Å². The van der Waals surface area contributed by atoms with E-state index >= 15 is 0 Å². The number of hydrogen-bond acceptors (Lipinski definition) is 2. The van der Waals surface area contributed by atoms with Gasteiger partial charge in [-0.05, 0) is 29.4 Å². The lowest BCUT2D eigenvalue weighted by Gasteiger charge is -2.30. The van der Waals surface area contributed by atoms with Crippen LogP contribution in [0.2, 0.25) is 0 Å². The van der Waals surface area contributed by atoms with Crippen molar-refractivity contribution < 1.29 is 9.90 Å². The van der Waals surface area contributed by atoms with E-state index in [1.54, 1.807) is 4.90 Å². The third-order valence-corrected chi connectivity index (χ3v) is 4.23. The van der Waals surface area contributed by atoms with Crippen LogP contribution in [0.15, 0.2) is 12.1 Å². The van der Waals surface area contributed by atoms with E-state index in [1.807, 2.05) is 12.1 Å². The molecule has 0 spiro atoms. The second-order valence-corrected chi connectivity index (χ2v) is 8.56. The van der Waals surface area contributed by atoms with Crippen molar-refractivity contribution in [2.75, 3.05) is 11.4 Å². The number of unbranched alkanes of at least 4 members (excludes halogenated alkanes) is 1. The molecule has 0 saturated carbocycles. The van der Waals surface area contributed by atoms with Gasteiger partial charge in [-0.2, -0.15) is 0 Å². The van der Waals surface area contributed by atoms with Crippen molar-refractivity contribution in [3.8, 4) is 5.75 Å². The van der Waals surface area contributed by atoms with Crippen molar-refractivity contribution >= 4 is 23.6 Å². The fraction of sp³-hybridized carbons (Fsp3) is 0.632. The highest BCUT2D eigenvalue weighted by Crippen LogP contribution is 2.42. The highest BCUT2D eigenvalue weighted by Gasteiger charge is 2.28. The SMILES string of the molecule is CCCCN(C(=O)S)c1cc(C(C)(C)C)c(O)c(C(C)(C)C)c1. The molecule has 0 aliphatic rings. The molecule has 1 aromatic carbocycles. The molecule has 0 aliphatic carbocycles. The molecule has 4 heteroatoms. The van der Waals surface area contributed by atoms with Gasteiger partial charge in [0, 0.05) is 23.4 Å². The summed E-state index contributed by atoms with van der Waals surface area (Å²) in [5, 5.41) is 10.5. The van der Waals surface area contributed by atoms with E-state index in [1.165, 1.54) is 0 Å². The summed E-state index contributed by atoms with van der Waals surface area (Å²) < 4.78 is 0. The van der Waals surface area contributed by atoms with Crippen molar-refractivity contribution in [1.82, 2.24) is 0 Å². The summed E-state index contributed by atoms with van der Waals surface area (Å²) in [4.78, 5) is 13.7. The largest absolute Gasteiger partial charge is 0.507 e. The lowest BCUT2D eigenvalue weighted by atomic mass is 9.79. The van der Waals surface area contributed by atoms with Crippen LogP contribution >= 0.6 is 12.6 Å². The smallest absolute Gasteiger partial charge is 0.282 e. The van der Waals surface area contributed by atoms with E-state index in [2.05, 4.69) is 61.1 Å². The van der Waals surface area contributed by atoms with Crippen LogP contribution in [-0.4, -0.2) is 16.9 Å². The molecule has 1 rings (SSSR count). The van der Waals surface area contributed by atoms with Gasteiger partial charge in [0.1, 0.15) is 5.75 Å². The van der Waals surface area contributed by atoms with E-state index < -0.39 is 0 Å². The van der Waals surface area contributed by atoms with E-state index in [4.69, 9.17) is 0 Å². The van der Waals surface area contributed by atoms with Crippen LogP contribution in [-0.2, 0) is 10.8 Å². The molecule has 0 bridgehead atoms. The summed E-state index contributed by atoms with van der Waals surface area (Å²) in [6.07, 6.45) is 1.93. The van der Waals surface area contributed by atoms with Crippen molar-refractivity contribution in [3.05, 3.63) is 23.3 Å². The summed E-state index contributed by atoms with van der Waals surface area (Å²) in [5.74, 6) is 0.329. The van der Waals surface area contributed by atoms with Crippen LogP contribution in [0.4, 0.5) is 10.5 Å². The fourth-order valence-electron chi connectivity index (χ4n) is 2.57. The number of phenols is 1. The second kappa shape index (κ2) is 7.16. The van der Waals surface area contributed by atoms with Crippen LogP contribution in [0.3, 0.4) is 0 Å². The van der Waals surface area contributed by atoms with E-state index in [9.17, 15) is 9.90 Å². The van der Waals surface area contributed by atoms with E-state index in [-0.39, 0.29) is 16.1 Å². The molecule has 0 atom stereocenters. The number of nitrogens with zero attached hydrogens (tertiary/aromatic N) is 1. The second-order valence-electron chi connectivity index (χ2n) is 8.18. The van der Waals surface area contributed by atoms with Crippen LogP contribution in [0.25, 0.3) is 0 Å².